The van der Waals surface area contributed by atoms with Crippen LogP contribution in [0.4, 0.5) is 4.79 Å². The van der Waals surface area contributed by atoms with Crippen molar-refractivity contribution in [2.24, 2.45) is 4.99 Å². The first-order valence-corrected chi connectivity index (χ1v) is 10.9. The third-order valence-corrected chi connectivity index (χ3v) is 6.36. The maximum Gasteiger partial charge on any atom is 0.322 e. The molecule has 158 valence electrons. The summed E-state index contributed by atoms with van der Waals surface area (Å²) in [7, 11) is 0. The fraction of sp³-hybridized carbons (Fsp3) is 0.259. The summed E-state index contributed by atoms with van der Waals surface area (Å²) in [5, 5.41) is -0.517. The predicted molar refractivity (Wildman–Crippen MR) is 128 cm³/mol. The minimum atomic E-state index is -0.517. The highest BCUT2D eigenvalue weighted by Gasteiger charge is 2.42. The van der Waals surface area contributed by atoms with E-state index in [9.17, 15) is 4.79 Å². The molecule has 1 amide bonds. The second kappa shape index (κ2) is 8.32. The summed E-state index contributed by atoms with van der Waals surface area (Å²) in [5.41, 5.74) is 8.85. The van der Waals surface area contributed by atoms with Gasteiger partial charge in [-0.2, -0.15) is 0 Å². The first kappa shape index (κ1) is 21.3. The van der Waals surface area contributed by atoms with Gasteiger partial charge in [0.1, 0.15) is 11.9 Å². The quantitative estimate of drug-likeness (QED) is 0.321. The molecule has 4 rings (SSSR count). The van der Waals surface area contributed by atoms with Crippen LogP contribution in [-0.2, 0) is 0 Å². The average Bonchev–Trinajstić information content (AvgIpc) is 3.12. The number of hydrogen-bond donors (Lipinski definition) is 0. The van der Waals surface area contributed by atoms with Gasteiger partial charge < -0.3 is 0 Å². The largest absolute Gasteiger partial charge is 0.322 e. The van der Waals surface area contributed by atoms with E-state index < -0.39 is 5.37 Å². The number of nitrogens with zero attached hydrogens (tertiary/aromatic N) is 2. The van der Waals surface area contributed by atoms with Gasteiger partial charge in [-0.3, -0.25) is 14.7 Å². The van der Waals surface area contributed by atoms with Crippen molar-refractivity contribution in [1.82, 2.24) is 4.90 Å². The van der Waals surface area contributed by atoms with E-state index in [0.29, 0.717) is 5.84 Å². The smallest absolute Gasteiger partial charge is 0.273 e. The van der Waals surface area contributed by atoms with Crippen LogP contribution in [0.15, 0.2) is 65.7 Å². The lowest BCUT2D eigenvalue weighted by Gasteiger charge is -2.28. The number of amides is 1. The van der Waals surface area contributed by atoms with E-state index in [0.717, 1.165) is 27.8 Å². The van der Waals surface area contributed by atoms with Crippen molar-refractivity contribution < 1.29 is 4.79 Å². The summed E-state index contributed by atoms with van der Waals surface area (Å²) in [5.74, 6) is 0.636. The monoisotopic (exact) mass is 430 g/mol. The summed E-state index contributed by atoms with van der Waals surface area (Å²) in [6.07, 6.45) is 0. The maximum absolute atomic E-state index is 12.8. The molecule has 0 saturated heterocycles. The molecule has 1 aliphatic rings. The molecule has 1 aliphatic heterocycles. The van der Waals surface area contributed by atoms with E-state index in [1.807, 2.05) is 0 Å². The van der Waals surface area contributed by atoms with Crippen LogP contribution in [0.5, 0.6) is 0 Å². The number of aliphatic imine (C=N–C) groups is 1. The molecule has 0 aromatic heterocycles. The molecule has 3 aromatic carbocycles. The highest BCUT2D eigenvalue weighted by atomic mass is 35.5. The molecule has 1 heterocycles. The second-order valence-electron chi connectivity index (χ2n) is 8.54. The third-order valence-electron chi connectivity index (χ3n) is 6.18. The maximum atomic E-state index is 12.8. The van der Waals surface area contributed by atoms with Gasteiger partial charge in [-0.25, -0.2) is 0 Å². The molecule has 0 saturated carbocycles. The molecule has 0 spiro atoms. The molecule has 4 heteroatoms. The van der Waals surface area contributed by atoms with Gasteiger partial charge in [0, 0.05) is 5.56 Å². The lowest BCUT2D eigenvalue weighted by Crippen LogP contribution is -2.34. The average molecular weight is 431 g/mol. The number of carbonyl (C=O) groups is 1. The molecule has 0 radical (unpaired) electrons. The van der Waals surface area contributed by atoms with Crippen molar-refractivity contribution in [3.05, 3.63) is 105 Å². The Morgan fingerprint density at radius 1 is 0.774 bits per heavy atom. The summed E-state index contributed by atoms with van der Waals surface area (Å²) in [6.45, 7) is 10.4. The van der Waals surface area contributed by atoms with Crippen LogP contribution in [0.25, 0.3) is 0 Å². The minimum Gasteiger partial charge on any atom is -0.273 e. The molecular formula is C27H27ClN2O. The lowest BCUT2D eigenvalue weighted by molar-refractivity contribution is 0.231. The molecule has 0 aliphatic carbocycles. The van der Waals surface area contributed by atoms with Crippen LogP contribution >= 0.6 is 11.6 Å². The van der Waals surface area contributed by atoms with Crippen molar-refractivity contribution in [3.8, 4) is 0 Å². The van der Waals surface area contributed by atoms with E-state index in [1.54, 1.807) is 4.90 Å². The molecule has 0 N–H and O–H groups in total. The van der Waals surface area contributed by atoms with Crippen LogP contribution in [0.3, 0.4) is 0 Å². The van der Waals surface area contributed by atoms with Crippen LogP contribution in [0, 0.1) is 34.6 Å². The Hall–Kier alpha value is -2.91. The summed E-state index contributed by atoms with van der Waals surface area (Å²) in [4.78, 5) is 19.6. The zero-order valence-electron chi connectivity index (χ0n) is 18.6. The number of benzene rings is 3. The molecule has 3 nitrogen and oxygen atoms in total. The molecule has 3 aromatic rings. The first-order chi connectivity index (χ1) is 14.8. The number of hydrogen-bond acceptors (Lipinski definition) is 2. The molecule has 0 unspecified atom stereocenters. The predicted octanol–water partition coefficient (Wildman–Crippen LogP) is 7.13. The summed E-state index contributed by atoms with van der Waals surface area (Å²) >= 11 is 6.21. The Bertz CT molecular complexity index is 1160. The topological polar surface area (TPSA) is 32.7 Å². The Morgan fingerprint density at radius 3 is 1.84 bits per heavy atom. The molecule has 0 fully saturated rings. The van der Waals surface area contributed by atoms with Crippen molar-refractivity contribution >= 4 is 22.8 Å². The van der Waals surface area contributed by atoms with E-state index in [2.05, 4.69) is 95.3 Å². The van der Waals surface area contributed by atoms with Gasteiger partial charge in [0.2, 0.25) is 0 Å². The highest BCUT2D eigenvalue weighted by Crippen LogP contribution is 2.44. The van der Waals surface area contributed by atoms with Crippen molar-refractivity contribution in [2.75, 3.05) is 0 Å². The Labute approximate surface area is 189 Å². The lowest BCUT2D eigenvalue weighted by atomic mass is 9.93. The van der Waals surface area contributed by atoms with Crippen LogP contribution in [0.1, 0.15) is 56.6 Å². The number of amidine groups is 1. The molecule has 0 bridgehead atoms. The van der Waals surface area contributed by atoms with Gasteiger partial charge in [-0.1, -0.05) is 65.7 Å². The van der Waals surface area contributed by atoms with Gasteiger partial charge in [-0.15, -0.1) is 0 Å². The fourth-order valence-corrected chi connectivity index (χ4v) is 4.43. The van der Waals surface area contributed by atoms with Crippen LogP contribution in [-0.4, -0.2) is 16.1 Å². The van der Waals surface area contributed by atoms with Crippen molar-refractivity contribution in [3.63, 3.8) is 0 Å². The zero-order chi connectivity index (χ0) is 22.3. The summed E-state index contributed by atoms with van der Waals surface area (Å²) < 4.78 is 0. The van der Waals surface area contributed by atoms with Crippen LogP contribution in [0.2, 0.25) is 0 Å². The van der Waals surface area contributed by atoms with Gasteiger partial charge in [0.05, 0.1) is 6.04 Å². The van der Waals surface area contributed by atoms with Crippen LogP contribution < -0.4 is 0 Å². The second-order valence-corrected chi connectivity index (χ2v) is 8.86. The Balaban J connectivity index is 1.92. The Morgan fingerprint density at radius 2 is 1.29 bits per heavy atom. The van der Waals surface area contributed by atoms with E-state index in [-0.39, 0.29) is 12.1 Å². The van der Waals surface area contributed by atoms with E-state index in [4.69, 9.17) is 16.6 Å². The van der Waals surface area contributed by atoms with Gasteiger partial charge in [0.25, 0.3) is 0 Å². The van der Waals surface area contributed by atoms with E-state index >= 15 is 0 Å². The number of carbonyl (C=O) groups excluding carboxylic acids is 1. The normalized spacial score (nSPS) is 18.3. The zero-order valence-corrected chi connectivity index (χ0v) is 19.4. The van der Waals surface area contributed by atoms with Gasteiger partial charge in [0.15, 0.2) is 0 Å². The first-order valence-electron chi connectivity index (χ1n) is 10.5. The van der Waals surface area contributed by atoms with Crippen molar-refractivity contribution in [2.45, 2.75) is 46.7 Å². The number of halogens is 1. The standard InChI is InChI=1S/C27H27ClN2O/c1-16-6-10-21(11-7-16)24-25(22-12-8-17(2)9-13-22)30(27(28)31)26(29-24)23-15-19(4)18(3)14-20(23)5/h6-15,24-25H,1-5H3/t24-,25+/m1/s1. The third kappa shape index (κ3) is 4.03. The summed E-state index contributed by atoms with van der Waals surface area (Å²) in [6, 6.07) is 20.4. The fourth-order valence-electron chi connectivity index (χ4n) is 4.25. The molecule has 2 atom stereocenters. The highest BCUT2D eigenvalue weighted by molar-refractivity contribution is 6.64. The van der Waals surface area contributed by atoms with Crippen molar-refractivity contribution in [1.29, 1.82) is 0 Å². The number of aryl methyl sites for hydroxylation is 5. The molecular weight excluding hydrogens is 404 g/mol. The Kier molecular flexibility index (Phi) is 5.72. The SMILES string of the molecule is Cc1ccc([C@H]2N=C(c3cc(C)c(C)cc3C)N(C(=O)Cl)[C@H]2c2ccc(C)cc2)cc1. The number of rotatable bonds is 3. The van der Waals surface area contributed by atoms with E-state index in [1.165, 1.54) is 16.7 Å². The minimum absolute atomic E-state index is 0.234. The van der Waals surface area contributed by atoms with Gasteiger partial charge in [-0.05, 0) is 80.1 Å². The van der Waals surface area contributed by atoms with Gasteiger partial charge >= 0.3 is 5.37 Å². The molecule has 31 heavy (non-hydrogen) atoms.